The topological polar surface area (TPSA) is 24.5 Å². The normalized spacial score (nSPS) is 30.8. The number of hydrogen-bond acceptors (Lipinski definition) is 3. The zero-order valence-corrected chi connectivity index (χ0v) is 12.4. The highest BCUT2D eigenvalue weighted by Crippen LogP contribution is 2.21. The monoisotopic (exact) mass is 254 g/mol. The Kier molecular flexibility index (Phi) is 5.05. The molecular weight excluding hydrogens is 224 g/mol. The molecule has 0 spiro atoms. The van der Waals surface area contributed by atoms with Crippen LogP contribution in [0.4, 0.5) is 0 Å². The smallest absolute Gasteiger partial charge is 0.0702 e. The molecule has 18 heavy (non-hydrogen) atoms. The van der Waals surface area contributed by atoms with Crippen LogP contribution in [0, 0.1) is 0 Å². The summed E-state index contributed by atoms with van der Waals surface area (Å²) in [5.74, 6) is 0. The quantitative estimate of drug-likeness (QED) is 0.834. The summed E-state index contributed by atoms with van der Waals surface area (Å²) in [7, 11) is 0. The number of hydrogen-bond donors (Lipinski definition) is 1. The summed E-state index contributed by atoms with van der Waals surface area (Å²) < 4.78 is 5.87. The van der Waals surface area contributed by atoms with E-state index < -0.39 is 0 Å². The van der Waals surface area contributed by atoms with Crippen LogP contribution in [0.15, 0.2) is 0 Å². The Bertz CT molecular complexity index is 243. The van der Waals surface area contributed by atoms with Gasteiger partial charge in [0, 0.05) is 31.3 Å². The van der Waals surface area contributed by atoms with E-state index in [9.17, 15) is 0 Å². The molecule has 0 bridgehead atoms. The van der Waals surface area contributed by atoms with Crippen molar-refractivity contribution in [2.75, 3.05) is 26.2 Å². The molecule has 106 valence electrons. The summed E-state index contributed by atoms with van der Waals surface area (Å²) in [6, 6.07) is 0.717. The molecule has 2 atom stereocenters. The van der Waals surface area contributed by atoms with Gasteiger partial charge in [0.05, 0.1) is 6.10 Å². The molecule has 0 aromatic carbocycles. The van der Waals surface area contributed by atoms with Gasteiger partial charge in [-0.2, -0.15) is 0 Å². The Morgan fingerprint density at radius 2 is 2.00 bits per heavy atom. The third-order valence-electron chi connectivity index (χ3n) is 4.08. The van der Waals surface area contributed by atoms with Crippen molar-refractivity contribution < 1.29 is 4.74 Å². The minimum atomic E-state index is 0.232. The molecule has 2 rings (SSSR count). The van der Waals surface area contributed by atoms with Crippen molar-refractivity contribution in [3.05, 3.63) is 0 Å². The molecule has 0 aromatic heterocycles. The third kappa shape index (κ3) is 4.52. The molecule has 0 aromatic rings. The Morgan fingerprint density at radius 3 is 2.67 bits per heavy atom. The number of nitrogens with zero attached hydrogens (tertiary/aromatic N) is 1. The Labute approximate surface area is 112 Å². The Morgan fingerprint density at radius 1 is 1.17 bits per heavy atom. The molecule has 0 aliphatic carbocycles. The van der Waals surface area contributed by atoms with E-state index in [4.69, 9.17) is 4.74 Å². The maximum absolute atomic E-state index is 5.87. The van der Waals surface area contributed by atoms with E-state index in [0.29, 0.717) is 6.10 Å². The fourth-order valence-electron chi connectivity index (χ4n) is 3.00. The molecule has 1 N–H and O–H groups in total. The molecule has 2 saturated heterocycles. The fraction of sp³-hybridized carbons (Fsp3) is 1.00. The lowest BCUT2D eigenvalue weighted by Crippen LogP contribution is -2.47. The Hall–Kier alpha value is -0.120. The predicted octanol–water partition coefficient (Wildman–Crippen LogP) is 2.41. The van der Waals surface area contributed by atoms with Crippen molar-refractivity contribution >= 4 is 0 Å². The summed E-state index contributed by atoms with van der Waals surface area (Å²) in [6.45, 7) is 11.2. The highest BCUT2D eigenvalue weighted by Gasteiger charge is 2.28. The first kappa shape index (κ1) is 14.3. The zero-order valence-electron chi connectivity index (χ0n) is 12.4. The van der Waals surface area contributed by atoms with Gasteiger partial charge in [0.2, 0.25) is 0 Å². The van der Waals surface area contributed by atoms with Gasteiger partial charge in [0.15, 0.2) is 0 Å². The van der Waals surface area contributed by atoms with E-state index in [1.54, 1.807) is 0 Å². The SMILES string of the molecule is CC(C)(C)NCC1CCCN1CC1CCCCO1. The first-order valence-electron chi connectivity index (χ1n) is 7.65. The van der Waals surface area contributed by atoms with Gasteiger partial charge in [-0.15, -0.1) is 0 Å². The van der Waals surface area contributed by atoms with E-state index in [1.807, 2.05) is 0 Å². The lowest BCUT2D eigenvalue weighted by molar-refractivity contribution is -0.00808. The molecule has 0 saturated carbocycles. The third-order valence-corrected chi connectivity index (χ3v) is 4.08. The highest BCUT2D eigenvalue weighted by atomic mass is 16.5. The zero-order chi connectivity index (χ0) is 13.0. The van der Waals surface area contributed by atoms with E-state index in [1.165, 1.54) is 38.6 Å². The maximum Gasteiger partial charge on any atom is 0.0702 e. The summed E-state index contributed by atoms with van der Waals surface area (Å²) in [5.41, 5.74) is 0.232. The predicted molar refractivity (Wildman–Crippen MR) is 75.9 cm³/mol. The van der Waals surface area contributed by atoms with E-state index in [0.717, 1.165) is 25.7 Å². The van der Waals surface area contributed by atoms with Crippen molar-refractivity contribution in [2.45, 2.75) is 70.6 Å². The average Bonchev–Trinajstić information content (AvgIpc) is 2.74. The lowest BCUT2D eigenvalue weighted by Gasteiger charge is -2.32. The first-order valence-corrected chi connectivity index (χ1v) is 7.65. The summed E-state index contributed by atoms with van der Waals surface area (Å²) >= 11 is 0. The fourth-order valence-corrected chi connectivity index (χ4v) is 3.00. The second-order valence-electron chi connectivity index (χ2n) is 6.91. The van der Waals surface area contributed by atoms with Crippen LogP contribution in [0.2, 0.25) is 0 Å². The molecule has 2 fully saturated rings. The molecule has 2 aliphatic heterocycles. The van der Waals surface area contributed by atoms with Crippen LogP contribution >= 0.6 is 0 Å². The summed E-state index contributed by atoms with van der Waals surface area (Å²) in [6.07, 6.45) is 7.05. The standard InChI is InChI=1S/C15H30N2O/c1-15(2,3)16-11-13-7-6-9-17(13)12-14-8-4-5-10-18-14/h13-14,16H,4-12H2,1-3H3. The maximum atomic E-state index is 5.87. The Balaban J connectivity index is 1.76. The van der Waals surface area contributed by atoms with Crippen molar-refractivity contribution in [3.8, 4) is 0 Å². The average molecular weight is 254 g/mol. The molecule has 3 nitrogen and oxygen atoms in total. The van der Waals surface area contributed by atoms with Crippen LogP contribution in [-0.2, 0) is 4.74 Å². The van der Waals surface area contributed by atoms with Crippen LogP contribution in [0.3, 0.4) is 0 Å². The molecular formula is C15H30N2O. The largest absolute Gasteiger partial charge is 0.377 e. The summed E-state index contributed by atoms with van der Waals surface area (Å²) in [4.78, 5) is 2.65. The van der Waals surface area contributed by atoms with Crippen LogP contribution < -0.4 is 5.32 Å². The van der Waals surface area contributed by atoms with Gasteiger partial charge in [0.25, 0.3) is 0 Å². The minimum absolute atomic E-state index is 0.232. The van der Waals surface area contributed by atoms with Crippen LogP contribution in [0.5, 0.6) is 0 Å². The van der Waals surface area contributed by atoms with Crippen LogP contribution in [0.1, 0.15) is 52.9 Å². The van der Waals surface area contributed by atoms with Crippen molar-refractivity contribution in [2.24, 2.45) is 0 Å². The van der Waals surface area contributed by atoms with Gasteiger partial charge >= 0.3 is 0 Å². The van der Waals surface area contributed by atoms with E-state index in [-0.39, 0.29) is 5.54 Å². The van der Waals surface area contributed by atoms with Gasteiger partial charge < -0.3 is 10.1 Å². The molecule has 0 amide bonds. The van der Waals surface area contributed by atoms with Gasteiger partial charge in [-0.25, -0.2) is 0 Å². The van der Waals surface area contributed by atoms with Gasteiger partial charge in [-0.05, 0) is 59.4 Å². The number of nitrogens with one attached hydrogen (secondary N) is 1. The van der Waals surface area contributed by atoms with E-state index >= 15 is 0 Å². The molecule has 3 heteroatoms. The highest BCUT2D eigenvalue weighted by molar-refractivity contribution is 4.85. The summed E-state index contributed by atoms with van der Waals surface area (Å²) in [5, 5.41) is 3.65. The van der Waals surface area contributed by atoms with Crippen molar-refractivity contribution in [1.82, 2.24) is 10.2 Å². The molecule has 2 unspecified atom stereocenters. The van der Waals surface area contributed by atoms with Crippen LogP contribution in [0.25, 0.3) is 0 Å². The van der Waals surface area contributed by atoms with Gasteiger partial charge in [0.1, 0.15) is 0 Å². The van der Waals surface area contributed by atoms with E-state index in [2.05, 4.69) is 31.0 Å². The number of likely N-dealkylation sites (tertiary alicyclic amines) is 1. The number of ether oxygens (including phenoxy) is 1. The lowest BCUT2D eigenvalue weighted by atomic mass is 10.1. The van der Waals surface area contributed by atoms with Gasteiger partial charge in [-0.1, -0.05) is 0 Å². The molecule has 2 heterocycles. The number of rotatable bonds is 4. The first-order chi connectivity index (χ1) is 8.54. The molecule has 0 radical (unpaired) electrons. The van der Waals surface area contributed by atoms with Crippen molar-refractivity contribution in [1.29, 1.82) is 0 Å². The van der Waals surface area contributed by atoms with Crippen LogP contribution in [-0.4, -0.2) is 48.8 Å². The second kappa shape index (κ2) is 6.36. The molecule has 2 aliphatic rings. The van der Waals surface area contributed by atoms with Gasteiger partial charge in [-0.3, -0.25) is 4.90 Å². The van der Waals surface area contributed by atoms with Crippen molar-refractivity contribution in [3.63, 3.8) is 0 Å². The second-order valence-corrected chi connectivity index (χ2v) is 6.91. The minimum Gasteiger partial charge on any atom is -0.377 e.